The molecule has 0 fully saturated rings. The van der Waals surface area contributed by atoms with Gasteiger partial charge in [0.1, 0.15) is 5.75 Å². The average molecular weight is 329 g/mol. The number of hydrogen-bond donors (Lipinski definition) is 4. The van der Waals surface area contributed by atoms with Crippen LogP contribution in [0.5, 0.6) is 5.75 Å². The summed E-state index contributed by atoms with van der Waals surface area (Å²) >= 11 is 0. The summed E-state index contributed by atoms with van der Waals surface area (Å²) in [6.45, 7) is 0. The SMILES string of the molecule is N[C@@H](Cc1ccccc1)[C@@H](O)C[C@@H](Cc1ccc(O)cc1)C(=O)O. The maximum absolute atomic E-state index is 11.5. The second-order valence-electron chi connectivity index (χ2n) is 6.06. The Morgan fingerprint density at radius 3 is 2.12 bits per heavy atom. The number of phenolic OH excluding ortho intramolecular Hbond substituents is 1. The normalized spacial score (nSPS) is 14.8. The van der Waals surface area contributed by atoms with Gasteiger partial charge in [0, 0.05) is 6.04 Å². The highest BCUT2D eigenvalue weighted by atomic mass is 16.4. The van der Waals surface area contributed by atoms with Crippen LogP contribution >= 0.6 is 0 Å². The summed E-state index contributed by atoms with van der Waals surface area (Å²) in [5.41, 5.74) is 7.84. The molecule has 0 saturated carbocycles. The number of nitrogens with two attached hydrogens (primary N) is 1. The fourth-order valence-corrected chi connectivity index (χ4v) is 2.68. The Hall–Kier alpha value is -2.37. The van der Waals surface area contributed by atoms with E-state index in [0.717, 1.165) is 11.1 Å². The molecule has 0 aliphatic rings. The number of aliphatic hydroxyl groups is 1. The molecule has 0 bridgehead atoms. The van der Waals surface area contributed by atoms with Gasteiger partial charge in [0.25, 0.3) is 0 Å². The van der Waals surface area contributed by atoms with Gasteiger partial charge < -0.3 is 21.1 Å². The van der Waals surface area contributed by atoms with Gasteiger partial charge in [-0.3, -0.25) is 4.79 Å². The highest BCUT2D eigenvalue weighted by Crippen LogP contribution is 2.19. The maximum Gasteiger partial charge on any atom is 0.306 e. The molecule has 0 spiro atoms. The molecule has 0 aromatic heterocycles. The highest BCUT2D eigenvalue weighted by Gasteiger charge is 2.25. The van der Waals surface area contributed by atoms with Crippen LogP contribution in [0.4, 0.5) is 0 Å². The monoisotopic (exact) mass is 329 g/mol. The predicted molar refractivity (Wildman–Crippen MR) is 91.7 cm³/mol. The first-order valence-corrected chi connectivity index (χ1v) is 7.94. The largest absolute Gasteiger partial charge is 0.508 e. The van der Waals surface area contributed by atoms with Gasteiger partial charge in [-0.25, -0.2) is 0 Å². The molecule has 0 unspecified atom stereocenters. The Labute approximate surface area is 141 Å². The Balaban J connectivity index is 1.96. The van der Waals surface area contributed by atoms with E-state index < -0.39 is 24.0 Å². The molecule has 2 aromatic carbocycles. The van der Waals surface area contributed by atoms with Crippen molar-refractivity contribution in [1.82, 2.24) is 0 Å². The molecular weight excluding hydrogens is 306 g/mol. The number of aliphatic hydroxyl groups excluding tert-OH is 1. The summed E-state index contributed by atoms with van der Waals surface area (Å²) in [5.74, 6) is -1.56. The molecule has 5 N–H and O–H groups in total. The summed E-state index contributed by atoms with van der Waals surface area (Å²) in [7, 11) is 0. The van der Waals surface area contributed by atoms with Crippen molar-refractivity contribution < 1.29 is 20.1 Å². The zero-order chi connectivity index (χ0) is 17.5. The smallest absolute Gasteiger partial charge is 0.306 e. The molecule has 5 nitrogen and oxygen atoms in total. The van der Waals surface area contributed by atoms with Gasteiger partial charge in [-0.2, -0.15) is 0 Å². The van der Waals surface area contributed by atoms with Crippen molar-refractivity contribution in [2.75, 3.05) is 0 Å². The van der Waals surface area contributed by atoms with Crippen LogP contribution in [0.3, 0.4) is 0 Å². The summed E-state index contributed by atoms with van der Waals surface area (Å²) in [5, 5.41) is 29.0. The molecule has 2 rings (SSSR count). The standard InChI is InChI=1S/C19H23NO4/c20-17(11-13-4-2-1-3-5-13)18(22)12-15(19(23)24)10-14-6-8-16(21)9-7-14/h1-9,15,17-18,21-22H,10-12,20H2,(H,23,24)/t15-,17+,18+/m1/s1. The zero-order valence-corrected chi connectivity index (χ0v) is 13.4. The first kappa shape index (κ1) is 18.0. The van der Waals surface area contributed by atoms with Gasteiger partial charge in [-0.15, -0.1) is 0 Å². The topological polar surface area (TPSA) is 104 Å². The minimum Gasteiger partial charge on any atom is -0.508 e. The van der Waals surface area contributed by atoms with Gasteiger partial charge in [0.15, 0.2) is 0 Å². The Bertz CT molecular complexity index is 642. The van der Waals surface area contributed by atoms with E-state index in [0.29, 0.717) is 6.42 Å². The fourth-order valence-electron chi connectivity index (χ4n) is 2.68. The van der Waals surface area contributed by atoms with Crippen LogP contribution in [0.1, 0.15) is 17.5 Å². The number of carboxylic acid groups (broad SMARTS) is 1. The van der Waals surface area contributed by atoms with Crippen LogP contribution in [0.2, 0.25) is 0 Å². The van der Waals surface area contributed by atoms with Crippen LogP contribution in [-0.4, -0.2) is 33.4 Å². The Morgan fingerprint density at radius 1 is 0.958 bits per heavy atom. The lowest BCUT2D eigenvalue weighted by Gasteiger charge is -2.22. The van der Waals surface area contributed by atoms with E-state index in [9.17, 15) is 20.1 Å². The number of aliphatic carboxylic acids is 1. The first-order valence-electron chi connectivity index (χ1n) is 7.94. The van der Waals surface area contributed by atoms with Crippen molar-refractivity contribution >= 4 is 5.97 Å². The molecule has 0 heterocycles. The van der Waals surface area contributed by atoms with Crippen LogP contribution < -0.4 is 5.73 Å². The van der Waals surface area contributed by atoms with Gasteiger partial charge in [0.05, 0.1) is 12.0 Å². The van der Waals surface area contributed by atoms with Gasteiger partial charge >= 0.3 is 5.97 Å². The molecule has 128 valence electrons. The van der Waals surface area contributed by atoms with Gasteiger partial charge in [-0.1, -0.05) is 42.5 Å². The lowest BCUT2D eigenvalue weighted by Crippen LogP contribution is -2.39. The molecule has 5 heteroatoms. The van der Waals surface area contributed by atoms with Crippen molar-refractivity contribution in [2.45, 2.75) is 31.4 Å². The third-order valence-electron chi connectivity index (χ3n) is 4.10. The molecule has 0 saturated heterocycles. The minimum absolute atomic E-state index is 0.0875. The molecule has 0 amide bonds. The fraction of sp³-hybridized carbons (Fsp3) is 0.316. The Morgan fingerprint density at radius 2 is 1.54 bits per heavy atom. The second-order valence-corrected chi connectivity index (χ2v) is 6.06. The lowest BCUT2D eigenvalue weighted by atomic mass is 9.90. The van der Waals surface area contributed by atoms with E-state index in [1.165, 1.54) is 12.1 Å². The number of phenols is 1. The van der Waals surface area contributed by atoms with Crippen LogP contribution in [-0.2, 0) is 17.6 Å². The minimum atomic E-state index is -0.964. The number of carboxylic acids is 1. The molecule has 24 heavy (non-hydrogen) atoms. The van der Waals surface area contributed by atoms with E-state index in [2.05, 4.69) is 0 Å². The molecule has 0 aliphatic heterocycles. The van der Waals surface area contributed by atoms with Crippen molar-refractivity contribution in [3.05, 3.63) is 65.7 Å². The molecule has 0 aliphatic carbocycles. The van der Waals surface area contributed by atoms with Crippen LogP contribution in [0.15, 0.2) is 54.6 Å². The molecule has 0 radical (unpaired) electrons. The van der Waals surface area contributed by atoms with E-state index in [1.54, 1.807) is 12.1 Å². The van der Waals surface area contributed by atoms with E-state index >= 15 is 0 Å². The number of rotatable bonds is 8. The number of hydrogen-bond acceptors (Lipinski definition) is 4. The van der Waals surface area contributed by atoms with Crippen LogP contribution in [0, 0.1) is 5.92 Å². The second kappa shape index (κ2) is 8.47. The van der Waals surface area contributed by atoms with E-state index in [4.69, 9.17) is 5.73 Å². The molecule has 3 atom stereocenters. The third kappa shape index (κ3) is 5.37. The summed E-state index contributed by atoms with van der Waals surface area (Å²) in [6, 6.07) is 15.5. The number of aromatic hydroxyl groups is 1. The van der Waals surface area contributed by atoms with Gasteiger partial charge in [-0.05, 0) is 42.5 Å². The zero-order valence-electron chi connectivity index (χ0n) is 13.4. The van der Waals surface area contributed by atoms with E-state index in [-0.39, 0.29) is 18.6 Å². The first-order chi connectivity index (χ1) is 11.5. The maximum atomic E-state index is 11.5. The van der Waals surface area contributed by atoms with Crippen molar-refractivity contribution in [1.29, 1.82) is 0 Å². The predicted octanol–water partition coefficient (Wildman–Crippen LogP) is 1.96. The van der Waals surface area contributed by atoms with Crippen molar-refractivity contribution in [3.63, 3.8) is 0 Å². The van der Waals surface area contributed by atoms with Gasteiger partial charge in [0.2, 0.25) is 0 Å². The van der Waals surface area contributed by atoms with E-state index in [1.807, 2.05) is 30.3 Å². The lowest BCUT2D eigenvalue weighted by molar-refractivity contribution is -0.142. The molecular formula is C19H23NO4. The Kier molecular flexibility index (Phi) is 6.35. The highest BCUT2D eigenvalue weighted by molar-refractivity contribution is 5.70. The third-order valence-corrected chi connectivity index (χ3v) is 4.10. The van der Waals surface area contributed by atoms with Crippen LogP contribution in [0.25, 0.3) is 0 Å². The average Bonchev–Trinajstić information content (AvgIpc) is 2.56. The molecule has 2 aromatic rings. The van der Waals surface area contributed by atoms with Crippen molar-refractivity contribution in [3.8, 4) is 5.75 Å². The summed E-state index contributed by atoms with van der Waals surface area (Å²) in [6.07, 6.45) is -0.0360. The summed E-state index contributed by atoms with van der Waals surface area (Å²) in [4.78, 5) is 11.5. The van der Waals surface area contributed by atoms with Crippen molar-refractivity contribution in [2.24, 2.45) is 11.7 Å². The number of carbonyl (C=O) groups is 1. The number of benzene rings is 2. The quantitative estimate of drug-likeness (QED) is 0.593. The summed E-state index contributed by atoms with van der Waals surface area (Å²) < 4.78 is 0.